The molecule has 144 valence electrons. The largest absolute Gasteiger partial charge is 0.315 e. The molecule has 1 heterocycles. The van der Waals surface area contributed by atoms with E-state index in [-0.39, 0.29) is 36.2 Å². The molecule has 0 spiro atoms. The van der Waals surface area contributed by atoms with E-state index in [0.29, 0.717) is 12.8 Å². The second-order valence-electron chi connectivity index (χ2n) is 6.75. The van der Waals surface area contributed by atoms with Crippen molar-refractivity contribution in [3.8, 4) is 0 Å². The monoisotopic (exact) mass is 390 g/mol. The van der Waals surface area contributed by atoms with Crippen LogP contribution >= 0.6 is 0 Å². The Morgan fingerprint density at radius 3 is 2.30 bits per heavy atom. The van der Waals surface area contributed by atoms with Gasteiger partial charge in [0.2, 0.25) is 15.9 Å². The number of halogens is 1. The van der Waals surface area contributed by atoms with Crippen molar-refractivity contribution in [2.24, 2.45) is 5.92 Å². The molecule has 0 radical (unpaired) electrons. The fraction of sp³-hybridized carbons (Fsp3) is 0.350. The summed E-state index contributed by atoms with van der Waals surface area (Å²) in [5.74, 6) is -1.10. The van der Waals surface area contributed by atoms with E-state index in [1.807, 2.05) is 30.3 Å². The number of carbonyl (C=O) groups excluding carboxylic acids is 1. The Morgan fingerprint density at radius 2 is 1.67 bits per heavy atom. The van der Waals surface area contributed by atoms with Crippen molar-refractivity contribution in [2.45, 2.75) is 18.6 Å². The molecule has 7 heteroatoms. The molecule has 0 saturated carbocycles. The highest BCUT2D eigenvalue weighted by Crippen LogP contribution is 2.25. The van der Waals surface area contributed by atoms with Gasteiger partial charge in [-0.25, -0.2) is 17.1 Å². The minimum absolute atomic E-state index is 0.00708. The summed E-state index contributed by atoms with van der Waals surface area (Å²) in [5, 5.41) is 0. The van der Waals surface area contributed by atoms with Crippen molar-refractivity contribution in [1.29, 1.82) is 0 Å². The van der Waals surface area contributed by atoms with Gasteiger partial charge in [0.25, 0.3) is 0 Å². The van der Waals surface area contributed by atoms with E-state index >= 15 is 0 Å². The number of anilines is 1. The summed E-state index contributed by atoms with van der Waals surface area (Å²) in [7, 11) is -1.88. The van der Waals surface area contributed by atoms with Crippen LogP contribution in [0.2, 0.25) is 0 Å². The number of nitrogens with zero attached hydrogens (tertiary/aromatic N) is 2. The Labute approximate surface area is 159 Å². The molecule has 0 aliphatic carbocycles. The first kappa shape index (κ1) is 19.5. The molecule has 2 aromatic carbocycles. The lowest BCUT2D eigenvalue weighted by molar-refractivity contribution is -0.123. The molecule has 2 aromatic rings. The van der Waals surface area contributed by atoms with Crippen molar-refractivity contribution < 1.29 is 17.6 Å². The van der Waals surface area contributed by atoms with Crippen LogP contribution in [-0.4, -0.2) is 38.8 Å². The second kappa shape index (κ2) is 8.19. The van der Waals surface area contributed by atoms with Gasteiger partial charge in [-0.15, -0.1) is 0 Å². The van der Waals surface area contributed by atoms with Crippen LogP contribution < -0.4 is 4.90 Å². The molecule has 0 unspecified atom stereocenters. The molecular weight excluding hydrogens is 367 g/mol. The first-order chi connectivity index (χ1) is 12.9. The van der Waals surface area contributed by atoms with E-state index in [1.54, 1.807) is 18.0 Å². The SMILES string of the molecule is CN(C(=O)C1CCN(S(=O)(=O)Cc2ccccc2F)CC1)c1ccccc1. The van der Waals surface area contributed by atoms with Gasteiger partial charge in [0.05, 0.1) is 5.75 Å². The average Bonchev–Trinajstić information content (AvgIpc) is 2.69. The number of piperidine rings is 1. The summed E-state index contributed by atoms with van der Waals surface area (Å²) in [6, 6.07) is 15.3. The van der Waals surface area contributed by atoms with Crippen molar-refractivity contribution >= 4 is 21.6 Å². The molecule has 0 aromatic heterocycles. The smallest absolute Gasteiger partial charge is 0.229 e. The summed E-state index contributed by atoms with van der Waals surface area (Å²) in [5.41, 5.74) is 0.983. The number of benzene rings is 2. The average molecular weight is 390 g/mol. The molecule has 27 heavy (non-hydrogen) atoms. The van der Waals surface area contributed by atoms with E-state index in [2.05, 4.69) is 0 Å². The minimum Gasteiger partial charge on any atom is -0.315 e. The minimum atomic E-state index is -3.61. The van der Waals surface area contributed by atoms with Gasteiger partial charge in [-0.05, 0) is 31.0 Å². The van der Waals surface area contributed by atoms with Gasteiger partial charge < -0.3 is 4.90 Å². The van der Waals surface area contributed by atoms with Gasteiger partial charge in [-0.3, -0.25) is 4.79 Å². The fourth-order valence-corrected chi connectivity index (χ4v) is 4.91. The fourth-order valence-electron chi connectivity index (χ4n) is 3.34. The Hall–Kier alpha value is -2.25. The third kappa shape index (κ3) is 4.54. The molecule has 0 atom stereocenters. The van der Waals surface area contributed by atoms with Crippen molar-refractivity contribution in [2.75, 3.05) is 25.0 Å². The van der Waals surface area contributed by atoms with Gasteiger partial charge in [0, 0.05) is 37.3 Å². The van der Waals surface area contributed by atoms with Crippen molar-refractivity contribution in [1.82, 2.24) is 4.31 Å². The zero-order valence-corrected chi connectivity index (χ0v) is 16.0. The van der Waals surface area contributed by atoms with Crippen LogP contribution in [0.5, 0.6) is 0 Å². The Morgan fingerprint density at radius 1 is 1.07 bits per heavy atom. The van der Waals surface area contributed by atoms with Crippen LogP contribution in [0.4, 0.5) is 10.1 Å². The van der Waals surface area contributed by atoms with Crippen molar-refractivity contribution in [3.63, 3.8) is 0 Å². The Kier molecular flexibility index (Phi) is 5.92. The molecule has 0 N–H and O–H groups in total. The highest BCUT2D eigenvalue weighted by Gasteiger charge is 2.33. The molecule has 1 aliphatic rings. The molecule has 1 amide bonds. The van der Waals surface area contributed by atoms with E-state index in [9.17, 15) is 17.6 Å². The topological polar surface area (TPSA) is 57.7 Å². The summed E-state index contributed by atoms with van der Waals surface area (Å²) in [6.07, 6.45) is 0.930. The highest BCUT2D eigenvalue weighted by atomic mass is 32.2. The van der Waals surface area contributed by atoms with Gasteiger partial charge >= 0.3 is 0 Å². The Bertz CT molecular complexity index is 894. The van der Waals surface area contributed by atoms with Crippen LogP contribution in [0.25, 0.3) is 0 Å². The summed E-state index contributed by atoms with van der Waals surface area (Å²) in [6.45, 7) is 0.547. The summed E-state index contributed by atoms with van der Waals surface area (Å²) >= 11 is 0. The van der Waals surface area contributed by atoms with E-state index in [4.69, 9.17) is 0 Å². The number of hydrogen-bond acceptors (Lipinski definition) is 3. The molecule has 0 bridgehead atoms. The maximum absolute atomic E-state index is 13.8. The first-order valence-electron chi connectivity index (χ1n) is 8.92. The molecule has 5 nitrogen and oxygen atoms in total. The van der Waals surface area contributed by atoms with Crippen LogP contribution in [0.3, 0.4) is 0 Å². The number of para-hydroxylation sites is 1. The second-order valence-corrected chi connectivity index (χ2v) is 8.72. The van der Waals surface area contributed by atoms with Crippen LogP contribution in [0.1, 0.15) is 18.4 Å². The zero-order chi connectivity index (χ0) is 19.4. The number of carbonyl (C=O) groups is 1. The van der Waals surface area contributed by atoms with Gasteiger partial charge in [-0.1, -0.05) is 36.4 Å². The maximum Gasteiger partial charge on any atom is 0.229 e. The van der Waals surface area contributed by atoms with E-state index in [1.165, 1.54) is 22.5 Å². The predicted octanol–water partition coefficient (Wildman–Crippen LogP) is 3.03. The predicted molar refractivity (Wildman–Crippen MR) is 103 cm³/mol. The molecular formula is C20H23FN2O3S. The summed E-state index contributed by atoms with van der Waals surface area (Å²) < 4.78 is 40.3. The normalized spacial score (nSPS) is 16.2. The number of amides is 1. The number of sulfonamides is 1. The first-order valence-corrected chi connectivity index (χ1v) is 10.5. The summed E-state index contributed by atoms with van der Waals surface area (Å²) in [4.78, 5) is 14.3. The lowest BCUT2D eigenvalue weighted by atomic mass is 9.96. The zero-order valence-electron chi connectivity index (χ0n) is 15.2. The third-order valence-electron chi connectivity index (χ3n) is 4.97. The molecule has 1 aliphatic heterocycles. The quantitative estimate of drug-likeness (QED) is 0.789. The van der Waals surface area contributed by atoms with Gasteiger partial charge in [0.15, 0.2) is 0 Å². The van der Waals surface area contributed by atoms with Crippen molar-refractivity contribution in [3.05, 3.63) is 66.0 Å². The highest BCUT2D eigenvalue weighted by molar-refractivity contribution is 7.88. The third-order valence-corrected chi connectivity index (χ3v) is 6.79. The van der Waals surface area contributed by atoms with Gasteiger partial charge in [0.1, 0.15) is 5.82 Å². The maximum atomic E-state index is 13.8. The molecule has 1 saturated heterocycles. The van der Waals surface area contributed by atoms with Crippen LogP contribution in [0.15, 0.2) is 54.6 Å². The molecule has 1 fully saturated rings. The number of hydrogen-bond donors (Lipinski definition) is 0. The lowest BCUT2D eigenvalue weighted by Gasteiger charge is -2.32. The van der Waals surface area contributed by atoms with E-state index < -0.39 is 15.8 Å². The number of rotatable bonds is 5. The van der Waals surface area contributed by atoms with Gasteiger partial charge in [-0.2, -0.15) is 0 Å². The van der Waals surface area contributed by atoms with Crippen LogP contribution in [-0.2, 0) is 20.6 Å². The lowest BCUT2D eigenvalue weighted by Crippen LogP contribution is -2.43. The van der Waals surface area contributed by atoms with Crippen LogP contribution in [0, 0.1) is 11.7 Å². The van der Waals surface area contributed by atoms with E-state index in [0.717, 1.165) is 5.69 Å². The standard InChI is InChI=1S/C20H23FN2O3S/c1-22(18-8-3-2-4-9-18)20(24)16-11-13-23(14-12-16)27(25,26)15-17-7-5-6-10-19(17)21/h2-10,16H,11-15H2,1H3. The Balaban J connectivity index is 1.61. The molecule has 3 rings (SSSR count).